The smallest absolute Gasteiger partial charge is 0.338 e. The van der Waals surface area contributed by atoms with Gasteiger partial charge in [0.25, 0.3) is 0 Å². The van der Waals surface area contributed by atoms with Crippen LogP contribution in [-0.4, -0.2) is 40.4 Å². The largest absolute Gasteiger partial charge is 0.479 e. The van der Waals surface area contributed by atoms with E-state index >= 15 is 0 Å². The topological polar surface area (TPSA) is 101 Å². The van der Waals surface area contributed by atoms with Gasteiger partial charge >= 0.3 is 11.9 Å². The lowest BCUT2D eigenvalue weighted by Gasteiger charge is -2.12. The molecular weight excluding hydrogens is 300 g/mol. The van der Waals surface area contributed by atoms with Crippen LogP contribution in [0.15, 0.2) is 18.2 Å². The minimum Gasteiger partial charge on any atom is -0.479 e. The van der Waals surface area contributed by atoms with E-state index in [4.69, 9.17) is 21.4 Å². The van der Waals surface area contributed by atoms with Crippen molar-refractivity contribution in [2.45, 2.75) is 19.4 Å². The molecule has 0 spiro atoms. The molecular formula is C14H15ClO6. The van der Waals surface area contributed by atoms with E-state index in [1.807, 2.05) is 0 Å². The van der Waals surface area contributed by atoms with Gasteiger partial charge in [-0.2, -0.15) is 0 Å². The number of halogens is 1. The number of alkyl halides is 1. The van der Waals surface area contributed by atoms with Gasteiger partial charge in [-0.3, -0.25) is 4.79 Å². The summed E-state index contributed by atoms with van der Waals surface area (Å²) in [5.41, 5.74) is 0.501. The molecule has 2 N–H and O–H groups in total. The van der Waals surface area contributed by atoms with Crippen LogP contribution in [0.2, 0.25) is 0 Å². The molecule has 6 nitrogen and oxygen atoms in total. The molecule has 0 aliphatic heterocycles. The molecule has 7 heteroatoms. The number of aliphatic hydroxyl groups is 1. The Morgan fingerprint density at radius 2 is 2.00 bits per heavy atom. The molecule has 114 valence electrons. The molecule has 1 aromatic carbocycles. The highest BCUT2D eigenvalue weighted by Crippen LogP contribution is 2.20. The number of ether oxygens (including phenoxy) is 1. The Hall–Kier alpha value is -1.92. The summed E-state index contributed by atoms with van der Waals surface area (Å²) in [6.07, 6.45) is -1.87. The first-order valence-corrected chi connectivity index (χ1v) is 6.72. The number of benzene rings is 1. The number of aliphatic carboxylic acids is 1. The van der Waals surface area contributed by atoms with Gasteiger partial charge in [0.15, 0.2) is 11.9 Å². The molecule has 1 unspecified atom stereocenters. The van der Waals surface area contributed by atoms with E-state index in [2.05, 4.69) is 0 Å². The third kappa shape index (κ3) is 4.54. The van der Waals surface area contributed by atoms with E-state index in [0.717, 1.165) is 0 Å². The van der Waals surface area contributed by atoms with Gasteiger partial charge in [-0.05, 0) is 24.1 Å². The second-order valence-electron chi connectivity index (χ2n) is 4.23. The highest BCUT2D eigenvalue weighted by Gasteiger charge is 2.20. The molecule has 0 aromatic heterocycles. The van der Waals surface area contributed by atoms with Gasteiger partial charge in [-0.1, -0.05) is 12.1 Å². The van der Waals surface area contributed by atoms with Crippen LogP contribution in [0, 0.1) is 0 Å². The van der Waals surface area contributed by atoms with Crippen molar-refractivity contribution in [1.82, 2.24) is 0 Å². The summed E-state index contributed by atoms with van der Waals surface area (Å²) in [6.45, 7) is 1.81. The standard InChI is InChI=1S/C14H15ClO6/c1-2-21-14(20)11-4-3-8(12(17)13(18)19)5-9(11)6-10(16)7-15/h3-5,12,17H,2,6-7H2,1H3,(H,18,19). The minimum absolute atomic E-state index is 0.0768. The zero-order valence-corrected chi connectivity index (χ0v) is 12.1. The Bertz CT molecular complexity index is 554. The molecule has 1 rings (SSSR count). The first kappa shape index (κ1) is 17.1. The Morgan fingerprint density at radius 3 is 2.52 bits per heavy atom. The van der Waals surface area contributed by atoms with Crippen LogP contribution in [0.1, 0.15) is 34.5 Å². The first-order chi connectivity index (χ1) is 9.90. The normalized spacial score (nSPS) is 11.8. The van der Waals surface area contributed by atoms with E-state index in [0.29, 0.717) is 0 Å². The van der Waals surface area contributed by atoms with Crippen LogP contribution in [0.4, 0.5) is 0 Å². The molecule has 21 heavy (non-hydrogen) atoms. The fraction of sp³-hybridized carbons (Fsp3) is 0.357. The number of carbonyl (C=O) groups excluding carboxylic acids is 2. The van der Waals surface area contributed by atoms with E-state index in [1.54, 1.807) is 6.92 Å². The van der Waals surface area contributed by atoms with Crippen molar-refractivity contribution in [3.8, 4) is 0 Å². The Balaban J connectivity index is 3.22. The van der Waals surface area contributed by atoms with Crippen molar-refractivity contribution >= 4 is 29.3 Å². The molecule has 0 aliphatic carbocycles. The van der Waals surface area contributed by atoms with Gasteiger partial charge in [0.05, 0.1) is 18.1 Å². The zero-order valence-electron chi connectivity index (χ0n) is 11.3. The van der Waals surface area contributed by atoms with Crippen molar-refractivity contribution in [2.24, 2.45) is 0 Å². The van der Waals surface area contributed by atoms with Gasteiger partial charge in [0.1, 0.15) is 0 Å². The highest BCUT2D eigenvalue weighted by atomic mass is 35.5. The predicted octanol–water partition coefficient (Wildman–Crippen LogP) is 1.33. The summed E-state index contributed by atoms with van der Waals surface area (Å²) in [4.78, 5) is 34.1. The van der Waals surface area contributed by atoms with Crippen molar-refractivity contribution in [2.75, 3.05) is 12.5 Å². The fourth-order valence-corrected chi connectivity index (χ4v) is 1.83. The lowest BCUT2D eigenvalue weighted by molar-refractivity contribution is -0.146. The number of aliphatic hydroxyl groups excluding tert-OH is 1. The molecule has 0 heterocycles. The van der Waals surface area contributed by atoms with Crippen LogP contribution in [-0.2, 0) is 20.7 Å². The van der Waals surface area contributed by atoms with Crippen LogP contribution >= 0.6 is 11.6 Å². The number of ketones is 1. The number of carbonyl (C=O) groups is 3. The van der Waals surface area contributed by atoms with E-state index in [-0.39, 0.29) is 41.4 Å². The zero-order chi connectivity index (χ0) is 16.0. The lowest BCUT2D eigenvalue weighted by Crippen LogP contribution is -2.15. The molecule has 1 atom stereocenters. The van der Waals surface area contributed by atoms with E-state index < -0.39 is 18.0 Å². The van der Waals surface area contributed by atoms with Gasteiger partial charge in [-0.25, -0.2) is 9.59 Å². The second kappa shape index (κ2) is 7.75. The number of carboxylic acids is 1. The van der Waals surface area contributed by atoms with Crippen LogP contribution in [0.5, 0.6) is 0 Å². The Kier molecular flexibility index (Phi) is 6.33. The van der Waals surface area contributed by atoms with Crippen molar-refractivity contribution in [3.63, 3.8) is 0 Å². The van der Waals surface area contributed by atoms with Crippen LogP contribution in [0.3, 0.4) is 0 Å². The van der Waals surface area contributed by atoms with Gasteiger partial charge in [0, 0.05) is 6.42 Å². The molecule has 0 saturated heterocycles. The van der Waals surface area contributed by atoms with Crippen molar-refractivity contribution < 1.29 is 29.3 Å². The highest BCUT2D eigenvalue weighted by molar-refractivity contribution is 6.27. The minimum atomic E-state index is -1.73. The third-order valence-electron chi connectivity index (χ3n) is 2.71. The number of Topliss-reactive ketones (excluding diaryl/α,β-unsaturated/α-hetero) is 1. The lowest BCUT2D eigenvalue weighted by atomic mass is 9.97. The average molecular weight is 315 g/mol. The van der Waals surface area contributed by atoms with E-state index in [9.17, 15) is 19.5 Å². The van der Waals surface area contributed by atoms with Crippen molar-refractivity contribution in [1.29, 1.82) is 0 Å². The molecule has 0 saturated carbocycles. The fourth-order valence-electron chi connectivity index (χ4n) is 1.74. The van der Waals surface area contributed by atoms with Gasteiger partial charge in [0.2, 0.25) is 0 Å². The summed E-state index contributed by atoms with van der Waals surface area (Å²) in [6, 6.07) is 3.94. The predicted molar refractivity (Wildman–Crippen MR) is 74.4 cm³/mol. The Morgan fingerprint density at radius 1 is 1.33 bits per heavy atom. The maximum absolute atomic E-state index is 11.8. The average Bonchev–Trinajstić information content (AvgIpc) is 2.46. The summed E-state index contributed by atoms with van der Waals surface area (Å²) < 4.78 is 4.87. The molecule has 0 fully saturated rings. The molecule has 0 radical (unpaired) electrons. The number of hydrogen-bond donors (Lipinski definition) is 2. The first-order valence-electron chi connectivity index (χ1n) is 6.19. The van der Waals surface area contributed by atoms with Crippen LogP contribution < -0.4 is 0 Å². The second-order valence-corrected chi connectivity index (χ2v) is 4.49. The maximum atomic E-state index is 11.8. The van der Waals surface area contributed by atoms with Crippen LogP contribution in [0.25, 0.3) is 0 Å². The molecule has 1 aromatic rings. The quantitative estimate of drug-likeness (QED) is 0.581. The summed E-state index contributed by atoms with van der Waals surface area (Å²) in [5, 5.41) is 18.3. The van der Waals surface area contributed by atoms with Crippen molar-refractivity contribution in [3.05, 3.63) is 34.9 Å². The summed E-state index contributed by atoms with van der Waals surface area (Å²) >= 11 is 5.44. The Labute approximate surface area is 126 Å². The molecule has 0 bridgehead atoms. The monoisotopic (exact) mass is 314 g/mol. The molecule has 0 amide bonds. The molecule has 0 aliphatic rings. The summed E-state index contributed by atoms with van der Waals surface area (Å²) in [7, 11) is 0. The van der Waals surface area contributed by atoms with E-state index in [1.165, 1.54) is 18.2 Å². The third-order valence-corrected chi connectivity index (χ3v) is 3.01. The SMILES string of the molecule is CCOC(=O)c1ccc(C(O)C(=O)O)cc1CC(=O)CCl. The number of rotatable bonds is 7. The van der Waals surface area contributed by atoms with Gasteiger partial charge < -0.3 is 14.9 Å². The number of hydrogen-bond acceptors (Lipinski definition) is 5. The maximum Gasteiger partial charge on any atom is 0.338 e. The number of esters is 1. The van der Waals surface area contributed by atoms with Gasteiger partial charge in [-0.15, -0.1) is 11.6 Å². The number of carboxylic acid groups (broad SMARTS) is 1. The summed E-state index contributed by atoms with van der Waals surface area (Å²) in [5.74, 6) is -2.60.